The summed E-state index contributed by atoms with van der Waals surface area (Å²) >= 11 is 12.5. The van der Waals surface area contributed by atoms with Crippen molar-refractivity contribution >= 4 is 89.9 Å². The maximum atomic E-state index is 4.17. The summed E-state index contributed by atoms with van der Waals surface area (Å²) in [5.41, 5.74) is 0. The van der Waals surface area contributed by atoms with Crippen LogP contribution in [0.1, 0.15) is 0 Å². The minimum absolute atomic E-state index is 0. The fourth-order valence-corrected chi connectivity index (χ4v) is 0. The first kappa shape index (κ1) is 10.2. The molecule has 0 bridgehead atoms. The van der Waals surface area contributed by atoms with Crippen molar-refractivity contribution in [2.45, 2.75) is 0 Å². The van der Waals surface area contributed by atoms with Crippen LogP contribution in [-0.2, 0) is 25.3 Å². The molecule has 0 amide bonds. The number of hydrogen-bond donors (Lipinski definition) is 0. The average Bonchev–Trinajstić information content (AvgIpc) is 0.811. The molecule has 24 valence electrons. The molecule has 0 rings (SSSR count). The van der Waals surface area contributed by atoms with Gasteiger partial charge in [0, 0.05) is 0 Å². The standard InChI is InChI=1S/CH2S3.Ba/c2-1(3)4;/h(H2,2,3,4);/q;+2/p-2. The summed E-state index contributed by atoms with van der Waals surface area (Å²) in [6.45, 7) is 0. The number of thiocarbonyl (C=S) groups is 1. The molecule has 0 N–H and O–H groups in total. The zero-order valence-electron chi connectivity index (χ0n) is 2.43. The van der Waals surface area contributed by atoms with Gasteiger partial charge in [-0.1, -0.05) is 0 Å². The summed E-state index contributed by atoms with van der Waals surface area (Å²) in [6, 6.07) is 0. The Hall–Kier alpha value is 2.10. The van der Waals surface area contributed by atoms with Crippen LogP contribution in [0.2, 0.25) is 0 Å². The van der Waals surface area contributed by atoms with Crippen LogP contribution in [-0.4, -0.2) is 52.4 Å². The van der Waals surface area contributed by atoms with Gasteiger partial charge in [-0.3, -0.25) is 3.53 Å². The van der Waals surface area contributed by atoms with Gasteiger partial charge in [-0.25, -0.2) is 0 Å². The van der Waals surface area contributed by atoms with Crippen molar-refractivity contribution in [1.29, 1.82) is 0 Å². The molecule has 0 aromatic rings. The molecular weight excluding hydrogens is 246 g/mol. The predicted octanol–water partition coefficient (Wildman–Crippen LogP) is -0.0157. The molecule has 0 radical (unpaired) electrons. The fraction of sp³-hybridized carbons (Fsp3) is 0. The van der Waals surface area contributed by atoms with Crippen LogP contribution in [0.3, 0.4) is 0 Å². The maximum absolute atomic E-state index is 4.17. The van der Waals surface area contributed by atoms with Crippen molar-refractivity contribution in [2.75, 3.05) is 0 Å². The van der Waals surface area contributed by atoms with Gasteiger partial charge in [0.1, 0.15) is 0 Å². The van der Waals surface area contributed by atoms with E-state index in [1.165, 1.54) is 0 Å². The number of hydrogen-bond acceptors (Lipinski definition) is 3. The predicted molar refractivity (Wildman–Crippen MR) is 33.1 cm³/mol. The normalized spacial score (nSPS) is 4.80. The monoisotopic (exact) mass is 246 g/mol. The molecule has 0 aliphatic carbocycles. The minimum atomic E-state index is 0. The first-order chi connectivity index (χ1) is 1.73. The van der Waals surface area contributed by atoms with E-state index in [2.05, 4.69) is 37.5 Å². The molecule has 4 heteroatoms. The van der Waals surface area contributed by atoms with Gasteiger partial charge < -0.3 is 37.5 Å². The van der Waals surface area contributed by atoms with Gasteiger partial charge in [-0.05, 0) is 0 Å². The van der Waals surface area contributed by atoms with E-state index < -0.39 is 0 Å². The third kappa shape index (κ3) is 23.2. The Kier molecular flexibility index (Phi) is 12.4. The molecule has 5 heavy (non-hydrogen) atoms. The Morgan fingerprint density at radius 1 is 1.40 bits per heavy atom. The molecule has 0 spiro atoms. The Bertz CT molecular complexity index is 29.9. The second-order valence-electron chi connectivity index (χ2n) is 0.250. The molecule has 0 aromatic carbocycles. The topological polar surface area (TPSA) is 0 Å². The molecule has 0 aliphatic heterocycles. The molecule has 0 heterocycles. The van der Waals surface area contributed by atoms with E-state index in [0.29, 0.717) is 0 Å². The van der Waals surface area contributed by atoms with E-state index >= 15 is 0 Å². The van der Waals surface area contributed by atoms with Crippen molar-refractivity contribution in [1.82, 2.24) is 0 Å². The second-order valence-corrected chi connectivity index (χ2v) is 2.25. The van der Waals surface area contributed by atoms with Gasteiger partial charge in [0.15, 0.2) is 0 Å². The average molecular weight is 246 g/mol. The molecule has 0 nitrogen and oxygen atoms in total. The maximum Gasteiger partial charge on any atom is 2.00 e. The first-order valence-corrected chi connectivity index (χ1v) is 1.84. The molecule has 0 aliphatic rings. The van der Waals surface area contributed by atoms with E-state index in [1.807, 2.05) is 0 Å². The van der Waals surface area contributed by atoms with E-state index in [1.54, 1.807) is 0 Å². The van der Waals surface area contributed by atoms with Crippen molar-refractivity contribution in [3.05, 3.63) is 0 Å². The zero-order chi connectivity index (χ0) is 3.58. The largest absolute Gasteiger partial charge is 2.00 e. The smallest absolute Gasteiger partial charge is 0.570 e. The molecule has 0 atom stereocenters. The van der Waals surface area contributed by atoms with E-state index in [0.717, 1.165) is 0 Å². The van der Waals surface area contributed by atoms with Gasteiger partial charge >= 0.3 is 48.9 Å². The van der Waals surface area contributed by atoms with Crippen molar-refractivity contribution in [2.24, 2.45) is 0 Å². The Morgan fingerprint density at radius 2 is 1.40 bits per heavy atom. The van der Waals surface area contributed by atoms with Crippen LogP contribution in [0, 0.1) is 0 Å². The molecule has 0 fully saturated rings. The summed E-state index contributed by atoms with van der Waals surface area (Å²) in [6.07, 6.45) is 0. The Balaban J connectivity index is 0. The summed E-state index contributed by atoms with van der Waals surface area (Å²) < 4.78 is 0.167. The van der Waals surface area contributed by atoms with Crippen LogP contribution in [0.25, 0.3) is 0 Å². The van der Waals surface area contributed by atoms with Crippen LogP contribution in [0.4, 0.5) is 0 Å². The van der Waals surface area contributed by atoms with Gasteiger partial charge in [0.25, 0.3) is 0 Å². The van der Waals surface area contributed by atoms with Crippen molar-refractivity contribution < 1.29 is 0 Å². The Morgan fingerprint density at radius 3 is 1.40 bits per heavy atom. The first-order valence-electron chi connectivity index (χ1n) is 0.612. The third-order valence-corrected chi connectivity index (χ3v) is 0. The minimum Gasteiger partial charge on any atom is -0.570 e. The van der Waals surface area contributed by atoms with Crippen molar-refractivity contribution in [3.63, 3.8) is 0 Å². The van der Waals surface area contributed by atoms with Crippen LogP contribution in [0.5, 0.6) is 0 Å². The SMILES string of the molecule is S=C([S-])[S-].[Ba+2]. The van der Waals surface area contributed by atoms with Crippen LogP contribution >= 0.6 is 12.2 Å². The summed E-state index contributed by atoms with van der Waals surface area (Å²) in [5, 5.41) is 0. The third-order valence-electron chi connectivity index (χ3n) is 0. The molecule has 0 saturated heterocycles. The molecule has 0 unspecified atom stereocenters. The van der Waals surface area contributed by atoms with Gasteiger partial charge in [0.2, 0.25) is 0 Å². The fourth-order valence-electron chi connectivity index (χ4n) is 0. The van der Waals surface area contributed by atoms with Gasteiger partial charge in [-0.15, -0.1) is 0 Å². The summed E-state index contributed by atoms with van der Waals surface area (Å²) in [5.74, 6) is 0. The second kappa shape index (κ2) is 6.10. The quantitative estimate of drug-likeness (QED) is 0.335. The number of rotatable bonds is 0. The van der Waals surface area contributed by atoms with Gasteiger partial charge in [-0.2, -0.15) is 0 Å². The molecular formula is CBaS3. The van der Waals surface area contributed by atoms with E-state index in [9.17, 15) is 0 Å². The molecule has 0 saturated carbocycles. The Labute approximate surface area is 88.0 Å². The van der Waals surface area contributed by atoms with Crippen molar-refractivity contribution in [3.8, 4) is 0 Å². The van der Waals surface area contributed by atoms with Crippen LogP contribution < -0.4 is 0 Å². The molecule has 0 aromatic heterocycles. The summed E-state index contributed by atoms with van der Waals surface area (Å²) in [4.78, 5) is 0. The van der Waals surface area contributed by atoms with Gasteiger partial charge in [0.05, 0.1) is 0 Å². The summed E-state index contributed by atoms with van der Waals surface area (Å²) in [7, 11) is 0. The van der Waals surface area contributed by atoms with Crippen LogP contribution in [0.15, 0.2) is 0 Å². The van der Waals surface area contributed by atoms with E-state index in [4.69, 9.17) is 0 Å². The zero-order valence-corrected chi connectivity index (χ0v) is 9.32. The van der Waals surface area contributed by atoms with E-state index in [-0.39, 0.29) is 52.4 Å².